The molecule has 0 bridgehead atoms. The summed E-state index contributed by atoms with van der Waals surface area (Å²) in [6.07, 6.45) is 3.12. The second-order valence-electron chi connectivity index (χ2n) is 2.28. The number of hydrogen-bond acceptors (Lipinski definition) is 1. The molecule has 0 saturated heterocycles. The summed E-state index contributed by atoms with van der Waals surface area (Å²) in [7, 11) is 0. The van der Waals surface area contributed by atoms with E-state index in [1.54, 1.807) is 0 Å². The van der Waals surface area contributed by atoms with Gasteiger partial charge in [-0.2, -0.15) is 0 Å². The molecule has 0 atom stereocenters. The van der Waals surface area contributed by atoms with Crippen LogP contribution in [0.2, 0.25) is 0 Å². The Kier molecular flexibility index (Phi) is 6.71. The van der Waals surface area contributed by atoms with E-state index < -0.39 is 0 Å². The molecular formula is C9H17IN-. The van der Waals surface area contributed by atoms with Crippen LogP contribution in [-0.4, -0.2) is 4.43 Å². The molecular weight excluding hydrogens is 249 g/mol. The second-order valence-corrected chi connectivity index (χ2v) is 5.40. The molecule has 0 rings (SSSR count). The molecule has 0 aromatic heterocycles. The molecule has 0 radical (unpaired) electrons. The van der Waals surface area contributed by atoms with Crippen LogP contribution in [0, 0.1) is 0 Å². The van der Waals surface area contributed by atoms with Crippen molar-refractivity contribution in [2.75, 3.05) is 4.43 Å². The van der Waals surface area contributed by atoms with E-state index in [1.807, 2.05) is 0 Å². The first-order valence-corrected chi connectivity index (χ1v) is 6.69. The van der Waals surface area contributed by atoms with Crippen molar-refractivity contribution in [1.82, 2.24) is 0 Å². The molecule has 0 aromatic carbocycles. The maximum absolute atomic E-state index is 5.74. The van der Waals surface area contributed by atoms with E-state index in [0.29, 0.717) is 21.2 Å². The third kappa shape index (κ3) is 5.30. The quantitative estimate of drug-likeness (QED) is 0.404. The van der Waals surface area contributed by atoms with Gasteiger partial charge in [-0.25, -0.2) is 0 Å². The van der Waals surface area contributed by atoms with Crippen molar-refractivity contribution in [2.24, 2.45) is 5.73 Å². The van der Waals surface area contributed by atoms with Crippen LogP contribution in [0.4, 0.5) is 0 Å². The zero-order valence-corrected chi connectivity index (χ0v) is 9.68. The number of alkyl halides is 1. The molecule has 0 spiro atoms. The van der Waals surface area contributed by atoms with Crippen LogP contribution in [0.1, 0.15) is 27.2 Å². The summed E-state index contributed by atoms with van der Waals surface area (Å²) in [5.41, 5.74) is 7.99. The Morgan fingerprint density at radius 1 is 1.45 bits per heavy atom. The molecule has 2 heteroatoms. The zero-order valence-electron chi connectivity index (χ0n) is 7.52. The van der Waals surface area contributed by atoms with Gasteiger partial charge in [0.25, 0.3) is 0 Å². The van der Waals surface area contributed by atoms with Crippen LogP contribution in [0.15, 0.2) is 21.4 Å². The average molecular weight is 266 g/mol. The van der Waals surface area contributed by atoms with E-state index in [2.05, 4.69) is 30.9 Å². The van der Waals surface area contributed by atoms with Crippen LogP contribution in [0.3, 0.4) is 0 Å². The first-order valence-electron chi connectivity index (χ1n) is 3.91. The van der Waals surface area contributed by atoms with Crippen molar-refractivity contribution in [1.29, 1.82) is 0 Å². The third-order valence-electron chi connectivity index (χ3n) is 1.44. The predicted molar refractivity (Wildman–Crippen MR) is 46.9 cm³/mol. The van der Waals surface area contributed by atoms with Crippen molar-refractivity contribution in [3.8, 4) is 0 Å². The number of hydrogen-bond donors (Lipinski definition) is 1. The van der Waals surface area contributed by atoms with Crippen LogP contribution in [0.25, 0.3) is 0 Å². The number of halogens is 1. The fourth-order valence-corrected chi connectivity index (χ4v) is 1.92. The molecule has 0 heterocycles. The standard InChI is InChI=1S/C9H17IN/c1-4-9(11)8(3)6-7-10-5-2/h6-7H,4-5,11H2,1-3H3/q-1/b7-6-,9-8-. The van der Waals surface area contributed by atoms with Gasteiger partial charge in [-0.15, -0.1) is 0 Å². The van der Waals surface area contributed by atoms with E-state index in [0.717, 1.165) is 12.1 Å². The summed E-state index contributed by atoms with van der Waals surface area (Å²) in [5, 5.41) is 0. The fraction of sp³-hybridized carbons (Fsp3) is 0.556. The van der Waals surface area contributed by atoms with Gasteiger partial charge in [0.2, 0.25) is 0 Å². The zero-order chi connectivity index (χ0) is 8.69. The van der Waals surface area contributed by atoms with Gasteiger partial charge >= 0.3 is 80.0 Å². The van der Waals surface area contributed by atoms with Gasteiger partial charge < -0.3 is 0 Å². The average Bonchev–Trinajstić information content (AvgIpc) is 2.03. The van der Waals surface area contributed by atoms with Crippen molar-refractivity contribution in [2.45, 2.75) is 27.2 Å². The first kappa shape index (κ1) is 11.0. The summed E-state index contributed by atoms with van der Waals surface area (Å²) in [5.74, 6) is 0. The van der Waals surface area contributed by atoms with Crippen LogP contribution in [0.5, 0.6) is 0 Å². The molecule has 2 N–H and O–H groups in total. The van der Waals surface area contributed by atoms with Crippen LogP contribution in [-0.2, 0) is 0 Å². The van der Waals surface area contributed by atoms with Gasteiger partial charge in [0.15, 0.2) is 0 Å². The molecule has 0 fully saturated rings. The number of nitrogens with two attached hydrogens (primary N) is 1. The molecule has 0 aliphatic heterocycles. The predicted octanol–water partition coefficient (Wildman–Crippen LogP) is -0.748. The monoisotopic (exact) mass is 266 g/mol. The fourth-order valence-electron chi connectivity index (χ4n) is 0.614. The summed E-state index contributed by atoms with van der Waals surface area (Å²) >= 11 is 0.293. The van der Waals surface area contributed by atoms with Crippen LogP contribution >= 0.6 is 0 Å². The molecule has 0 unspecified atom stereocenters. The molecule has 0 aliphatic carbocycles. The Morgan fingerprint density at radius 2 is 2.09 bits per heavy atom. The van der Waals surface area contributed by atoms with Gasteiger partial charge in [0, 0.05) is 0 Å². The Hall–Kier alpha value is 0.01000. The number of rotatable bonds is 4. The summed E-state index contributed by atoms with van der Waals surface area (Å²) in [4.78, 5) is 0. The van der Waals surface area contributed by atoms with E-state index >= 15 is 0 Å². The van der Waals surface area contributed by atoms with Crippen molar-refractivity contribution >= 4 is 0 Å². The Labute approximate surface area is 80.0 Å². The van der Waals surface area contributed by atoms with Gasteiger partial charge in [-0.3, -0.25) is 0 Å². The summed E-state index contributed by atoms with van der Waals surface area (Å²) in [6, 6.07) is 0. The molecule has 0 saturated carbocycles. The summed E-state index contributed by atoms with van der Waals surface area (Å²) in [6.45, 7) is 6.39. The van der Waals surface area contributed by atoms with Crippen molar-refractivity contribution in [3.05, 3.63) is 21.4 Å². The van der Waals surface area contributed by atoms with Gasteiger partial charge in [0.05, 0.1) is 0 Å². The maximum atomic E-state index is 5.74. The van der Waals surface area contributed by atoms with E-state index in [1.165, 1.54) is 10.0 Å². The molecule has 0 amide bonds. The Bertz CT molecular complexity index is 159. The van der Waals surface area contributed by atoms with Crippen LogP contribution < -0.4 is 26.9 Å². The van der Waals surface area contributed by atoms with E-state index in [9.17, 15) is 0 Å². The summed E-state index contributed by atoms with van der Waals surface area (Å²) < 4.78 is 3.60. The van der Waals surface area contributed by atoms with Crippen molar-refractivity contribution < 1.29 is 21.2 Å². The molecule has 11 heavy (non-hydrogen) atoms. The van der Waals surface area contributed by atoms with Crippen molar-refractivity contribution in [3.63, 3.8) is 0 Å². The van der Waals surface area contributed by atoms with Gasteiger partial charge in [0.1, 0.15) is 0 Å². The third-order valence-corrected chi connectivity index (χ3v) is 3.19. The molecule has 1 nitrogen and oxygen atoms in total. The minimum absolute atomic E-state index is 0.293. The molecule has 66 valence electrons. The topological polar surface area (TPSA) is 26.0 Å². The molecule has 0 aromatic rings. The normalized spacial score (nSPS) is 14.1. The minimum atomic E-state index is 0.293. The SMILES string of the molecule is CC[I-]/C=C\C(C)=C(/N)CC. The number of allylic oxidation sites excluding steroid dienone is 3. The Balaban J connectivity index is 3.93. The second kappa shape index (κ2) is 6.70. The first-order chi connectivity index (χ1) is 5.22. The molecule has 0 aliphatic rings. The van der Waals surface area contributed by atoms with E-state index in [-0.39, 0.29) is 0 Å². The Morgan fingerprint density at radius 3 is 2.55 bits per heavy atom. The van der Waals surface area contributed by atoms with Gasteiger partial charge in [-0.05, 0) is 0 Å². The van der Waals surface area contributed by atoms with E-state index in [4.69, 9.17) is 5.73 Å². The van der Waals surface area contributed by atoms with Gasteiger partial charge in [-0.1, -0.05) is 0 Å².